The van der Waals surface area contributed by atoms with E-state index in [-0.39, 0.29) is 6.10 Å². The predicted octanol–water partition coefficient (Wildman–Crippen LogP) is 2.41. The molecule has 4 heterocycles. The van der Waals surface area contributed by atoms with Crippen LogP contribution in [0.1, 0.15) is 48.5 Å². The highest BCUT2D eigenvalue weighted by atomic mass is 16.3. The minimum atomic E-state index is -0.268. The van der Waals surface area contributed by atoms with Gasteiger partial charge in [0, 0.05) is 49.9 Å². The van der Waals surface area contributed by atoms with Gasteiger partial charge in [0.1, 0.15) is 5.75 Å². The van der Waals surface area contributed by atoms with E-state index in [1.54, 1.807) is 12.1 Å². The van der Waals surface area contributed by atoms with Crippen molar-refractivity contribution in [3.05, 3.63) is 47.3 Å². The number of fused-ring (bicyclic) bond motifs is 4. The minimum Gasteiger partial charge on any atom is -0.508 e. The third-order valence-corrected chi connectivity index (χ3v) is 6.30. The molecule has 0 spiro atoms. The monoisotopic (exact) mass is 366 g/mol. The molecule has 6 nitrogen and oxygen atoms in total. The SMILES string of the molecule is Oc1ccc(CN2[C@H]3CC[C@H]2c2cnc(N4CCC[C@H](O)C4)nc2C3)cc1. The fraction of sp³-hybridized carbons (Fsp3) is 0.524. The highest BCUT2D eigenvalue weighted by Gasteiger charge is 2.41. The summed E-state index contributed by atoms with van der Waals surface area (Å²) in [6, 6.07) is 8.44. The van der Waals surface area contributed by atoms with Crippen LogP contribution in [0.15, 0.2) is 30.5 Å². The zero-order valence-electron chi connectivity index (χ0n) is 15.5. The van der Waals surface area contributed by atoms with Crippen LogP contribution in [0.3, 0.4) is 0 Å². The summed E-state index contributed by atoms with van der Waals surface area (Å²) >= 11 is 0. The van der Waals surface area contributed by atoms with Gasteiger partial charge >= 0.3 is 0 Å². The standard InChI is InChI=1S/C21H26N4O2/c26-16-6-3-14(4-7-16)12-25-15-5-8-20(25)18-11-22-21(23-19(18)10-15)24-9-1-2-17(27)13-24/h3-4,6-7,11,15,17,20,26-27H,1-2,5,8-10,12-13H2/t15-,17-,20-/m0/s1. The number of nitrogens with zero attached hydrogens (tertiary/aromatic N) is 4. The molecule has 2 fully saturated rings. The summed E-state index contributed by atoms with van der Waals surface area (Å²) in [6.07, 6.45) is 6.93. The van der Waals surface area contributed by atoms with Crippen molar-refractivity contribution in [2.24, 2.45) is 0 Å². The van der Waals surface area contributed by atoms with Crippen LogP contribution in [-0.2, 0) is 13.0 Å². The van der Waals surface area contributed by atoms with Crippen molar-refractivity contribution in [1.82, 2.24) is 14.9 Å². The van der Waals surface area contributed by atoms with Crippen molar-refractivity contribution in [2.75, 3.05) is 18.0 Å². The molecule has 2 N–H and O–H groups in total. The van der Waals surface area contributed by atoms with E-state index >= 15 is 0 Å². The smallest absolute Gasteiger partial charge is 0.225 e. The van der Waals surface area contributed by atoms with Crippen LogP contribution in [0.2, 0.25) is 0 Å². The van der Waals surface area contributed by atoms with Crippen LogP contribution in [0.25, 0.3) is 0 Å². The van der Waals surface area contributed by atoms with Crippen molar-refractivity contribution >= 4 is 5.95 Å². The van der Waals surface area contributed by atoms with Gasteiger partial charge < -0.3 is 15.1 Å². The van der Waals surface area contributed by atoms with Crippen LogP contribution in [0.4, 0.5) is 5.95 Å². The summed E-state index contributed by atoms with van der Waals surface area (Å²) in [6.45, 7) is 2.46. The number of β-amino-alcohol motifs (C(OH)–C–C–N with tert-alkyl or cyclic N) is 1. The van der Waals surface area contributed by atoms with E-state index in [9.17, 15) is 10.2 Å². The van der Waals surface area contributed by atoms with Gasteiger partial charge in [0.2, 0.25) is 5.95 Å². The summed E-state index contributed by atoms with van der Waals surface area (Å²) in [5, 5.41) is 19.5. The van der Waals surface area contributed by atoms with Crippen LogP contribution in [-0.4, -0.2) is 50.3 Å². The Morgan fingerprint density at radius 2 is 1.96 bits per heavy atom. The Morgan fingerprint density at radius 3 is 2.78 bits per heavy atom. The Balaban J connectivity index is 1.38. The zero-order chi connectivity index (χ0) is 18.4. The minimum absolute atomic E-state index is 0.268. The lowest BCUT2D eigenvalue weighted by Gasteiger charge is -2.36. The Labute approximate surface area is 159 Å². The third kappa shape index (κ3) is 3.17. The first-order valence-corrected chi connectivity index (χ1v) is 10.00. The Bertz CT molecular complexity index is 825. The highest BCUT2D eigenvalue weighted by Crippen LogP contribution is 2.44. The molecule has 1 aromatic carbocycles. The summed E-state index contributed by atoms with van der Waals surface area (Å²) in [4.78, 5) is 14.3. The van der Waals surface area contributed by atoms with Gasteiger partial charge in [0.05, 0.1) is 11.8 Å². The van der Waals surface area contributed by atoms with Crippen LogP contribution < -0.4 is 4.90 Å². The van der Waals surface area contributed by atoms with Crippen LogP contribution in [0.5, 0.6) is 5.75 Å². The van der Waals surface area contributed by atoms with E-state index in [0.717, 1.165) is 44.7 Å². The van der Waals surface area contributed by atoms with Crippen molar-refractivity contribution < 1.29 is 10.2 Å². The van der Waals surface area contributed by atoms with E-state index in [1.165, 1.54) is 23.2 Å². The molecule has 2 aromatic rings. The number of aliphatic hydroxyl groups is 1. The van der Waals surface area contributed by atoms with E-state index in [4.69, 9.17) is 4.98 Å². The molecule has 3 atom stereocenters. The summed E-state index contributed by atoms with van der Waals surface area (Å²) < 4.78 is 0. The molecule has 27 heavy (non-hydrogen) atoms. The Kier molecular flexibility index (Phi) is 4.25. The Hall–Kier alpha value is -2.18. The summed E-state index contributed by atoms with van der Waals surface area (Å²) in [5.41, 5.74) is 3.69. The molecule has 0 saturated carbocycles. The number of piperidine rings is 1. The number of rotatable bonds is 3. The molecule has 1 aromatic heterocycles. The lowest BCUT2D eigenvalue weighted by Crippen LogP contribution is -2.40. The third-order valence-electron chi connectivity index (χ3n) is 6.30. The number of benzene rings is 1. The fourth-order valence-electron chi connectivity index (χ4n) is 4.91. The first-order chi connectivity index (χ1) is 13.2. The number of anilines is 1. The van der Waals surface area contributed by atoms with E-state index < -0.39 is 0 Å². The van der Waals surface area contributed by atoms with Gasteiger partial charge in [0.25, 0.3) is 0 Å². The maximum absolute atomic E-state index is 9.95. The predicted molar refractivity (Wildman–Crippen MR) is 103 cm³/mol. The number of aliphatic hydroxyl groups excluding tert-OH is 1. The number of aromatic nitrogens is 2. The van der Waals surface area contributed by atoms with E-state index in [0.29, 0.717) is 24.4 Å². The van der Waals surface area contributed by atoms with Crippen LogP contribution >= 0.6 is 0 Å². The van der Waals surface area contributed by atoms with Crippen molar-refractivity contribution in [2.45, 2.75) is 56.8 Å². The van der Waals surface area contributed by atoms with Gasteiger partial charge in [-0.25, -0.2) is 9.97 Å². The molecular formula is C21H26N4O2. The largest absolute Gasteiger partial charge is 0.508 e. The quantitative estimate of drug-likeness (QED) is 0.869. The molecule has 3 aliphatic heterocycles. The summed E-state index contributed by atoms with van der Waals surface area (Å²) in [5.74, 6) is 1.09. The molecule has 0 aliphatic carbocycles. The molecular weight excluding hydrogens is 340 g/mol. The van der Waals surface area contributed by atoms with Gasteiger partial charge in [-0.3, -0.25) is 4.90 Å². The van der Waals surface area contributed by atoms with Gasteiger partial charge in [-0.15, -0.1) is 0 Å². The topological polar surface area (TPSA) is 72.7 Å². The second-order valence-electron chi connectivity index (χ2n) is 8.10. The molecule has 0 unspecified atom stereocenters. The van der Waals surface area contributed by atoms with E-state index in [2.05, 4.69) is 14.8 Å². The average Bonchev–Trinajstić information content (AvgIpc) is 2.95. The molecule has 3 aliphatic rings. The number of aromatic hydroxyl groups is 1. The molecule has 2 saturated heterocycles. The lowest BCUT2D eigenvalue weighted by molar-refractivity contribution is 0.153. The van der Waals surface area contributed by atoms with Crippen LogP contribution in [0, 0.1) is 0 Å². The van der Waals surface area contributed by atoms with Crippen molar-refractivity contribution in [3.8, 4) is 5.75 Å². The molecule has 0 radical (unpaired) electrons. The zero-order valence-corrected chi connectivity index (χ0v) is 15.5. The van der Waals surface area contributed by atoms with E-state index in [1.807, 2.05) is 18.3 Å². The maximum Gasteiger partial charge on any atom is 0.225 e. The van der Waals surface area contributed by atoms with Gasteiger partial charge in [-0.1, -0.05) is 12.1 Å². The summed E-state index contributed by atoms with van der Waals surface area (Å²) in [7, 11) is 0. The molecule has 2 bridgehead atoms. The second-order valence-corrected chi connectivity index (χ2v) is 8.10. The number of hydrogen-bond acceptors (Lipinski definition) is 6. The lowest BCUT2D eigenvalue weighted by atomic mass is 9.98. The molecule has 6 heteroatoms. The van der Waals surface area contributed by atoms with Gasteiger partial charge in [0.15, 0.2) is 0 Å². The van der Waals surface area contributed by atoms with Crippen molar-refractivity contribution in [1.29, 1.82) is 0 Å². The van der Waals surface area contributed by atoms with Gasteiger partial charge in [-0.2, -0.15) is 0 Å². The second kappa shape index (κ2) is 6.77. The molecule has 142 valence electrons. The number of phenolic OH excluding ortho intramolecular Hbond substituents is 1. The Morgan fingerprint density at radius 1 is 1.11 bits per heavy atom. The number of hydrogen-bond donors (Lipinski definition) is 2. The van der Waals surface area contributed by atoms with Gasteiger partial charge in [-0.05, 0) is 43.4 Å². The normalized spacial score (nSPS) is 27.6. The maximum atomic E-state index is 9.95. The molecule has 5 rings (SSSR count). The number of phenols is 1. The first-order valence-electron chi connectivity index (χ1n) is 10.00. The highest BCUT2D eigenvalue weighted by molar-refractivity contribution is 5.38. The molecule has 0 amide bonds. The first kappa shape index (κ1) is 17.0. The fourth-order valence-corrected chi connectivity index (χ4v) is 4.91. The van der Waals surface area contributed by atoms with Crippen molar-refractivity contribution in [3.63, 3.8) is 0 Å². The average molecular weight is 366 g/mol.